The number of nitrogens with two attached hydrogens (primary N) is 1. The summed E-state index contributed by atoms with van der Waals surface area (Å²) < 4.78 is 0. The summed E-state index contributed by atoms with van der Waals surface area (Å²) in [4.78, 5) is 9.79. The lowest BCUT2D eigenvalue weighted by molar-refractivity contribution is -0.117. The van der Waals surface area contributed by atoms with Crippen molar-refractivity contribution >= 4 is 5.91 Å². The zero-order chi connectivity index (χ0) is 4.99. The Morgan fingerprint density at radius 3 is 2.50 bits per heavy atom. The van der Waals surface area contributed by atoms with E-state index in [0.29, 0.717) is 6.42 Å². The van der Waals surface area contributed by atoms with Gasteiger partial charge in [-0.3, -0.25) is 4.79 Å². The Kier molecular flexibility index (Phi) is 2.46. The minimum atomic E-state index is -0.266. The van der Waals surface area contributed by atoms with Gasteiger partial charge < -0.3 is 5.73 Å². The van der Waals surface area contributed by atoms with Gasteiger partial charge in [-0.15, -0.1) is 0 Å². The molecule has 1 radical (unpaired) electrons. The zero-order valence-electron chi connectivity index (χ0n) is 3.77. The first-order valence-corrected chi connectivity index (χ1v) is 1.83. The Morgan fingerprint density at radius 2 is 2.50 bits per heavy atom. The van der Waals surface area contributed by atoms with Crippen molar-refractivity contribution < 1.29 is 4.79 Å². The molecule has 0 rings (SSSR count). The summed E-state index contributed by atoms with van der Waals surface area (Å²) in [5, 5.41) is 0. The number of rotatable bonds is 2. The van der Waals surface area contributed by atoms with Crippen LogP contribution in [0.15, 0.2) is 0 Å². The maximum atomic E-state index is 9.79. The highest BCUT2D eigenvalue weighted by molar-refractivity contribution is 5.74. The van der Waals surface area contributed by atoms with E-state index < -0.39 is 0 Å². The molecule has 0 aliphatic rings. The van der Waals surface area contributed by atoms with Crippen molar-refractivity contribution in [1.82, 2.24) is 0 Å². The number of carbonyl (C=O) groups is 1. The fraction of sp³-hybridized carbons (Fsp3) is 0.500. The first-order chi connectivity index (χ1) is 2.77. The van der Waals surface area contributed by atoms with Gasteiger partial charge in [-0.05, 0) is 6.42 Å². The van der Waals surface area contributed by atoms with Gasteiger partial charge in [0, 0.05) is 6.42 Å². The van der Waals surface area contributed by atoms with Gasteiger partial charge in [0.15, 0.2) is 0 Å². The Bertz CT molecular complexity index is 51.5. The van der Waals surface area contributed by atoms with Crippen molar-refractivity contribution in [3.63, 3.8) is 0 Å². The van der Waals surface area contributed by atoms with Gasteiger partial charge in [0.05, 0.1) is 0 Å². The molecule has 35 valence electrons. The lowest BCUT2D eigenvalue weighted by Gasteiger charge is -1.80. The lowest BCUT2D eigenvalue weighted by Crippen LogP contribution is -2.08. The van der Waals surface area contributed by atoms with E-state index in [1.807, 2.05) is 0 Å². The third-order valence-corrected chi connectivity index (χ3v) is 0.405. The highest BCUT2D eigenvalue weighted by Gasteiger charge is 1.84. The van der Waals surface area contributed by atoms with Gasteiger partial charge in [-0.1, -0.05) is 6.92 Å². The van der Waals surface area contributed by atoms with E-state index in [9.17, 15) is 4.79 Å². The Balaban J connectivity index is 2.83. The van der Waals surface area contributed by atoms with E-state index in [1.54, 1.807) is 13.3 Å². The van der Waals surface area contributed by atoms with Gasteiger partial charge in [0.25, 0.3) is 0 Å². The third kappa shape index (κ3) is 3.47. The van der Waals surface area contributed by atoms with Gasteiger partial charge in [0.2, 0.25) is 5.91 Å². The Labute approximate surface area is 37.3 Å². The molecular weight excluding hydrogens is 78.0 g/mol. The fourth-order valence-corrected chi connectivity index (χ4v) is 0.201. The molecular formula is C4H8NO. The van der Waals surface area contributed by atoms with Crippen molar-refractivity contribution in [1.29, 1.82) is 0 Å². The molecule has 1 amide bonds. The summed E-state index contributed by atoms with van der Waals surface area (Å²) in [5.74, 6) is -0.266. The lowest BCUT2D eigenvalue weighted by atomic mass is 10.3. The number of hydrogen-bond donors (Lipinski definition) is 1. The van der Waals surface area contributed by atoms with Crippen LogP contribution in [0, 0.1) is 6.42 Å². The minimum absolute atomic E-state index is 0.266. The molecule has 0 saturated heterocycles. The number of hydrogen-bond acceptors (Lipinski definition) is 1. The average molecular weight is 86.1 g/mol. The maximum Gasteiger partial charge on any atom is 0.217 e. The van der Waals surface area contributed by atoms with Crippen LogP contribution in [-0.2, 0) is 4.79 Å². The van der Waals surface area contributed by atoms with Crippen LogP contribution in [0.25, 0.3) is 0 Å². The van der Waals surface area contributed by atoms with E-state index in [0.717, 1.165) is 0 Å². The molecule has 2 N–H and O–H groups in total. The van der Waals surface area contributed by atoms with E-state index in [1.165, 1.54) is 0 Å². The normalized spacial score (nSPS) is 8.17. The number of primary amides is 1. The molecule has 0 aromatic carbocycles. The minimum Gasteiger partial charge on any atom is -0.370 e. The molecule has 2 heteroatoms. The second-order valence-corrected chi connectivity index (χ2v) is 1.08. The highest BCUT2D eigenvalue weighted by atomic mass is 16.1. The monoisotopic (exact) mass is 86.1 g/mol. The molecule has 0 heterocycles. The zero-order valence-corrected chi connectivity index (χ0v) is 3.77. The molecule has 2 nitrogen and oxygen atoms in total. The van der Waals surface area contributed by atoms with Crippen LogP contribution in [-0.4, -0.2) is 5.91 Å². The van der Waals surface area contributed by atoms with Crippen molar-refractivity contribution in [2.24, 2.45) is 5.73 Å². The smallest absolute Gasteiger partial charge is 0.217 e. The first-order valence-electron chi connectivity index (χ1n) is 1.83. The summed E-state index contributed by atoms with van der Waals surface area (Å²) in [5.41, 5.74) is 4.73. The Hall–Kier alpha value is -0.530. The molecule has 0 bridgehead atoms. The van der Waals surface area contributed by atoms with Crippen LogP contribution in [0.4, 0.5) is 0 Å². The summed E-state index contributed by atoms with van der Waals surface area (Å²) in [6.45, 7) is 1.80. The second-order valence-electron chi connectivity index (χ2n) is 1.08. The molecule has 0 aromatic heterocycles. The molecule has 0 aliphatic carbocycles. The quantitative estimate of drug-likeness (QED) is 0.508. The summed E-state index contributed by atoms with van der Waals surface area (Å²) in [6.07, 6.45) is 2.11. The van der Waals surface area contributed by atoms with Crippen LogP contribution >= 0.6 is 0 Å². The van der Waals surface area contributed by atoms with Crippen molar-refractivity contribution in [3.05, 3.63) is 6.42 Å². The summed E-state index contributed by atoms with van der Waals surface area (Å²) in [7, 11) is 0. The molecule has 0 saturated carbocycles. The highest BCUT2D eigenvalue weighted by Crippen LogP contribution is 1.77. The maximum absolute atomic E-state index is 9.79. The second kappa shape index (κ2) is 2.69. The van der Waals surface area contributed by atoms with Crippen LogP contribution in [0.2, 0.25) is 0 Å². The van der Waals surface area contributed by atoms with Gasteiger partial charge in [0.1, 0.15) is 0 Å². The number of amides is 1. The van der Waals surface area contributed by atoms with Crippen LogP contribution in [0.5, 0.6) is 0 Å². The summed E-state index contributed by atoms with van der Waals surface area (Å²) in [6, 6.07) is 0. The fourth-order valence-electron chi connectivity index (χ4n) is 0.201. The van der Waals surface area contributed by atoms with Crippen molar-refractivity contribution in [3.8, 4) is 0 Å². The molecule has 6 heavy (non-hydrogen) atoms. The predicted octanol–water partition coefficient (Wildman–Crippen LogP) is 0.0860. The average Bonchev–Trinajstić information content (AvgIpc) is 1.35. The topological polar surface area (TPSA) is 43.1 Å². The van der Waals surface area contributed by atoms with E-state index in [4.69, 9.17) is 5.73 Å². The standard InChI is InChI=1S/C4H8NO/c1-2-3-4(5)6/h2H,3H2,1H3,(H2,5,6). The van der Waals surface area contributed by atoms with Crippen LogP contribution in [0.1, 0.15) is 13.3 Å². The van der Waals surface area contributed by atoms with Crippen molar-refractivity contribution in [2.45, 2.75) is 13.3 Å². The Morgan fingerprint density at radius 1 is 2.00 bits per heavy atom. The van der Waals surface area contributed by atoms with E-state index >= 15 is 0 Å². The largest absolute Gasteiger partial charge is 0.370 e. The molecule has 0 fully saturated rings. The molecule has 0 spiro atoms. The van der Waals surface area contributed by atoms with E-state index in [-0.39, 0.29) is 5.91 Å². The first kappa shape index (κ1) is 5.47. The van der Waals surface area contributed by atoms with Gasteiger partial charge in [-0.2, -0.15) is 0 Å². The SMILES string of the molecule is C[CH]CC(N)=O. The van der Waals surface area contributed by atoms with Gasteiger partial charge >= 0.3 is 0 Å². The number of carbonyl (C=O) groups excluding carboxylic acids is 1. The van der Waals surface area contributed by atoms with Crippen molar-refractivity contribution in [2.75, 3.05) is 0 Å². The molecule has 0 aliphatic heterocycles. The van der Waals surface area contributed by atoms with Crippen LogP contribution < -0.4 is 5.73 Å². The molecule has 0 aromatic rings. The van der Waals surface area contributed by atoms with Crippen LogP contribution in [0.3, 0.4) is 0 Å². The van der Waals surface area contributed by atoms with E-state index in [2.05, 4.69) is 0 Å². The van der Waals surface area contributed by atoms with Gasteiger partial charge in [-0.25, -0.2) is 0 Å². The third-order valence-electron chi connectivity index (χ3n) is 0.405. The molecule has 0 atom stereocenters. The predicted molar refractivity (Wildman–Crippen MR) is 23.8 cm³/mol. The molecule has 0 unspecified atom stereocenters. The summed E-state index contributed by atoms with van der Waals surface area (Å²) >= 11 is 0.